The third kappa shape index (κ3) is 4.73. The lowest BCUT2D eigenvalue weighted by Crippen LogP contribution is -2.32. The number of rotatable bonds is 5. The van der Waals surface area contributed by atoms with Gasteiger partial charge in [-0.15, -0.1) is 0 Å². The Morgan fingerprint density at radius 2 is 1.75 bits per heavy atom. The van der Waals surface area contributed by atoms with E-state index in [1.165, 1.54) is 0 Å². The van der Waals surface area contributed by atoms with Crippen molar-refractivity contribution in [3.05, 3.63) is 58.2 Å². The van der Waals surface area contributed by atoms with E-state index in [2.05, 4.69) is 33.2 Å². The summed E-state index contributed by atoms with van der Waals surface area (Å²) in [7, 11) is 0. The first-order valence-corrected chi connectivity index (χ1v) is 7.31. The summed E-state index contributed by atoms with van der Waals surface area (Å²) in [5.41, 5.74) is 0.801. The Balaban J connectivity index is 1.69. The fourth-order valence-corrected chi connectivity index (χ4v) is 2.10. The van der Waals surface area contributed by atoms with Crippen molar-refractivity contribution >= 4 is 34.3 Å². The number of ether oxygens (including phenoxy) is 1. The summed E-state index contributed by atoms with van der Waals surface area (Å²) in [6.07, 6.45) is 0. The minimum absolute atomic E-state index is 0.231. The number of nitrogens with one attached hydrogen (secondary N) is 2. The Bertz CT molecular complexity index is 561. The second-order valence-corrected chi connectivity index (χ2v) is 5.18. The molecule has 104 valence electrons. The monoisotopic (exact) mass is 382 g/mol. The van der Waals surface area contributed by atoms with Gasteiger partial charge in [-0.05, 0) is 46.9 Å². The summed E-state index contributed by atoms with van der Waals surface area (Å²) in [5.74, 6) is 0.798. The van der Waals surface area contributed by atoms with Gasteiger partial charge in [0.1, 0.15) is 12.4 Å². The van der Waals surface area contributed by atoms with Crippen LogP contribution >= 0.6 is 22.6 Å². The predicted molar refractivity (Wildman–Crippen MR) is 88.1 cm³/mol. The van der Waals surface area contributed by atoms with E-state index >= 15 is 0 Å². The summed E-state index contributed by atoms with van der Waals surface area (Å²) < 4.78 is 6.49. The molecule has 2 rings (SSSR count). The van der Waals surface area contributed by atoms with Crippen LogP contribution < -0.4 is 15.4 Å². The normalized spacial score (nSPS) is 9.85. The number of carbonyl (C=O) groups excluding carboxylic acids is 1. The maximum absolute atomic E-state index is 11.7. The van der Waals surface area contributed by atoms with Gasteiger partial charge in [-0.25, -0.2) is 4.79 Å². The number of urea groups is 1. The van der Waals surface area contributed by atoms with Crippen LogP contribution in [0.15, 0.2) is 54.6 Å². The molecular formula is C15H15IN2O2. The van der Waals surface area contributed by atoms with Gasteiger partial charge in [0.15, 0.2) is 0 Å². The van der Waals surface area contributed by atoms with Gasteiger partial charge in [0.25, 0.3) is 0 Å². The van der Waals surface area contributed by atoms with Crippen LogP contribution in [0.3, 0.4) is 0 Å². The lowest BCUT2D eigenvalue weighted by molar-refractivity contribution is 0.247. The van der Waals surface area contributed by atoms with Gasteiger partial charge in [-0.3, -0.25) is 0 Å². The smallest absolute Gasteiger partial charge is 0.319 e. The summed E-state index contributed by atoms with van der Waals surface area (Å²) in [6.45, 7) is 0.882. The van der Waals surface area contributed by atoms with Crippen molar-refractivity contribution in [3.63, 3.8) is 0 Å². The zero-order valence-corrected chi connectivity index (χ0v) is 13.0. The molecule has 2 aromatic carbocycles. The van der Waals surface area contributed by atoms with Crippen LogP contribution in [0.5, 0.6) is 5.75 Å². The number of halogens is 1. The molecule has 0 heterocycles. The quantitative estimate of drug-likeness (QED) is 0.615. The maximum atomic E-state index is 11.7. The maximum Gasteiger partial charge on any atom is 0.319 e. The van der Waals surface area contributed by atoms with Gasteiger partial charge in [-0.2, -0.15) is 0 Å². The predicted octanol–water partition coefficient (Wildman–Crippen LogP) is 3.49. The summed E-state index contributed by atoms with van der Waals surface area (Å²) in [4.78, 5) is 11.7. The second kappa shape index (κ2) is 7.74. The molecule has 5 heteroatoms. The van der Waals surface area contributed by atoms with E-state index in [4.69, 9.17) is 4.74 Å². The van der Waals surface area contributed by atoms with Gasteiger partial charge in [0, 0.05) is 3.57 Å². The fraction of sp³-hybridized carbons (Fsp3) is 0.133. The van der Waals surface area contributed by atoms with Gasteiger partial charge in [-0.1, -0.05) is 30.3 Å². The molecule has 0 fully saturated rings. The minimum Gasteiger partial charge on any atom is -0.492 e. The third-order valence-corrected chi connectivity index (χ3v) is 3.46. The molecule has 0 unspecified atom stereocenters. The summed E-state index contributed by atoms with van der Waals surface area (Å²) in [6, 6.07) is 16.9. The average Bonchev–Trinajstić information content (AvgIpc) is 2.47. The second-order valence-electron chi connectivity index (χ2n) is 4.02. The molecule has 0 aliphatic carbocycles. The van der Waals surface area contributed by atoms with E-state index in [9.17, 15) is 4.79 Å². The Hall–Kier alpha value is -1.76. The van der Waals surface area contributed by atoms with Gasteiger partial charge in [0.2, 0.25) is 0 Å². The number of hydrogen-bond donors (Lipinski definition) is 2. The topological polar surface area (TPSA) is 50.4 Å². The molecule has 0 aliphatic heterocycles. The van der Waals surface area contributed by atoms with Crippen molar-refractivity contribution in [2.45, 2.75) is 0 Å². The van der Waals surface area contributed by atoms with Crippen LogP contribution in [0, 0.1) is 3.57 Å². The molecule has 2 aromatic rings. The third-order valence-electron chi connectivity index (χ3n) is 2.52. The first kappa shape index (κ1) is 14.6. The molecule has 2 N–H and O–H groups in total. The molecule has 20 heavy (non-hydrogen) atoms. The summed E-state index contributed by atoms with van der Waals surface area (Å²) in [5, 5.41) is 5.55. The van der Waals surface area contributed by atoms with Crippen molar-refractivity contribution in [1.29, 1.82) is 0 Å². The van der Waals surface area contributed by atoms with Crippen molar-refractivity contribution in [2.24, 2.45) is 0 Å². The van der Waals surface area contributed by atoms with E-state index < -0.39 is 0 Å². The lowest BCUT2D eigenvalue weighted by Gasteiger charge is -2.10. The van der Waals surface area contributed by atoms with E-state index in [-0.39, 0.29) is 6.03 Å². The number of para-hydroxylation sites is 2. The number of anilines is 1. The highest BCUT2D eigenvalue weighted by molar-refractivity contribution is 14.1. The van der Waals surface area contributed by atoms with Crippen LogP contribution in [0.25, 0.3) is 0 Å². The molecule has 0 atom stereocenters. The molecule has 0 spiro atoms. The molecule has 0 bridgehead atoms. The number of hydrogen-bond acceptors (Lipinski definition) is 2. The minimum atomic E-state index is -0.231. The molecule has 2 amide bonds. The zero-order valence-electron chi connectivity index (χ0n) is 10.8. The van der Waals surface area contributed by atoms with Crippen LogP contribution in [0.4, 0.5) is 10.5 Å². The zero-order chi connectivity index (χ0) is 14.2. The number of benzene rings is 2. The fourth-order valence-electron chi connectivity index (χ4n) is 1.58. The molecule has 0 radical (unpaired) electrons. The molecule has 0 aromatic heterocycles. The molecule has 0 aliphatic rings. The lowest BCUT2D eigenvalue weighted by atomic mass is 10.3. The highest BCUT2D eigenvalue weighted by Gasteiger charge is 2.03. The van der Waals surface area contributed by atoms with Crippen molar-refractivity contribution in [3.8, 4) is 5.75 Å². The highest BCUT2D eigenvalue weighted by Crippen LogP contribution is 2.16. The molecular weight excluding hydrogens is 367 g/mol. The SMILES string of the molecule is O=C(NCCOc1ccccc1)Nc1ccccc1I. The van der Waals surface area contributed by atoms with E-state index in [1.54, 1.807) is 0 Å². The Morgan fingerprint density at radius 1 is 1.05 bits per heavy atom. The number of carbonyl (C=O) groups is 1. The summed E-state index contributed by atoms with van der Waals surface area (Å²) >= 11 is 2.18. The van der Waals surface area contributed by atoms with Gasteiger partial charge >= 0.3 is 6.03 Å². The van der Waals surface area contributed by atoms with Crippen molar-refractivity contribution < 1.29 is 9.53 Å². The van der Waals surface area contributed by atoms with Crippen molar-refractivity contribution in [1.82, 2.24) is 5.32 Å². The number of amides is 2. The first-order chi connectivity index (χ1) is 9.75. The van der Waals surface area contributed by atoms with Gasteiger partial charge in [0.05, 0.1) is 12.2 Å². The van der Waals surface area contributed by atoms with Gasteiger partial charge < -0.3 is 15.4 Å². The Kier molecular flexibility index (Phi) is 5.67. The largest absolute Gasteiger partial charge is 0.492 e. The van der Waals surface area contributed by atoms with Crippen LogP contribution in [0.2, 0.25) is 0 Å². The highest BCUT2D eigenvalue weighted by atomic mass is 127. The van der Waals surface area contributed by atoms with E-state index in [0.29, 0.717) is 13.2 Å². The van der Waals surface area contributed by atoms with E-state index in [0.717, 1.165) is 15.0 Å². The average molecular weight is 382 g/mol. The van der Waals surface area contributed by atoms with Crippen LogP contribution in [0.1, 0.15) is 0 Å². The van der Waals surface area contributed by atoms with Crippen LogP contribution in [-0.2, 0) is 0 Å². The standard InChI is InChI=1S/C15H15IN2O2/c16-13-8-4-5-9-14(13)18-15(19)17-10-11-20-12-6-2-1-3-7-12/h1-9H,10-11H2,(H2,17,18,19). The first-order valence-electron chi connectivity index (χ1n) is 6.23. The molecule has 0 saturated heterocycles. The van der Waals surface area contributed by atoms with E-state index in [1.807, 2.05) is 54.6 Å². The molecule has 0 saturated carbocycles. The van der Waals surface area contributed by atoms with Crippen LogP contribution in [-0.4, -0.2) is 19.2 Å². The molecule has 4 nitrogen and oxygen atoms in total. The van der Waals surface area contributed by atoms with Crippen molar-refractivity contribution in [2.75, 3.05) is 18.5 Å². The Labute approximate surface area is 131 Å². The Morgan fingerprint density at radius 3 is 2.50 bits per heavy atom.